The molecule has 0 radical (unpaired) electrons. The quantitative estimate of drug-likeness (QED) is 0.0256. The Kier molecular flexibility index (Phi) is 51.5. The Balaban J connectivity index is 1.13. The van der Waals surface area contributed by atoms with E-state index in [2.05, 4.69) is 47.9 Å². The minimum Gasteiger partial charge on any atom is -0.394 e. The molecule has 0 spiro atoms. The van der Waals surface area contributed by atoms with Crippen molar-refractivity contribution < 1.29 is 146 Å². The fraction of sp³-hybridized carbons (Fsp3) is 0.863. The maximum Gasteiger partial charge on any atom is 0.222 e. The van der Waals surface area contributed by atoms with Crippen LogP contribution in [-0.4, -0.2) is 367 Å². The van der Waals surface area contributed by atoms with E-state index in [1.54, 1.807) is 4.90 Å². The molecule has 5 saturated heterocycles. The molecular formula is C80H141N11O30. The highest BCUT2D eigenvalue weighted by molar-refractivity contribution is 5.79. The molecule has 0 aliphatic carbocycles. The van der Waals surface area contributed by atoms with Crippen molar-refractivity contribution in [2.75, 3.05) is 118 Å². The maximum atomic E-state index is 14.2. The number of nitrogens with zero attached hydrogens (tertiary/aromatic N) is 2. The summed E-state index contributed by atoms with van der Waals surface area (Å²) in [5, 5.41) is 126. The van der Waals surface area contributed by atoms with Crippen LogP contribution in [0.1, 0.15) is 201 Å². The molecule has 0 bridgehead atoms. The third-order valence-electron chi connectivity index (χ3n) is 21.5. The summed E-state index contributed by atoms with van der Waals surface area (Å²) in [7, 11) is 0. The first kappa shape index (κ1) is 105. The number of rotatable bonds is 60. The highest BCUT2D eigenvalue weighted by atomic mass is 16.7. The first-order chi connectivity index (χ1) is 58.1. The number of aliphatic hydroxyl groups excluding tert-OH is 10. The molecular weight excluding hydrogens is 1590 g/mol. The number of hydrogen-bond acceptors (Lipinski definition) is 30. The molecule has 41 nitrogen and oxygen atoms in total. The molecule has 0 aromatic heterocycles. The van der Waals surface area contributed by atoms with Gasteiger partial charge in [-0.15, -0.1) is 0 Å². The van der Waals surface area contributed by atoms with Crippen LogP contribution in [0.15, 0.2) is 0 Å². The van der Waals surface area contributed by atoms with Crippen LogP contribution in [0, 0.1) is 0 Å². The standard InChI is InChI=1S/C80H141N11O30/c1-5-53-43-54(98)44-91(53)67(106)27-13-11-9-7-6-8-10-12-26-66(105)90-45-55(113-40-28-63(102)84-34-20-31-81-60(99)23-14-17-37-116-78-68(87-50(2)95)74(110)71(107)57(47-92)119-78)77(115-42-30-65(104)86-36-22-33-83-62(101)25-16-19-39-118-80-70(89-52(4)97)76(112)73(109)59(49-94)121-80)56(46-90)114-41-29-64(103)85-35-21-32-82-61(100)24-15-18-38-117-79-69(88-51(3)96)75(111)72(108)58(48-93)120-79/h53-59,68-80,92-94,98,107-112H,5-49H2,1-4H3,(H,81,99)(H,82,100)(H,83,101)(H,84,102)(H,85,103)(H,86,104)(H,87,95)(H,88,96)(H,89,97)/t53-,54-,55-,56+,57-,58-,59-,68-,69-,70-,71+,72+,73+,74-,75-,76-,77?,78-,79-,80-/m1/s1. The number of β-amino-alcohol motifs (C(OH)–C–C–N with tert-alkyl or cyclic N) is 1. The third-order valence-corrected chi connectivity index (χ3v) is 21.5. The first-order valence-corrected chi connectivity index (χ1v) is 43.3. The van der Waals surface area contributed by atoms with Crippen LogP contribution in [0.4, 0.5) is 0 Å². The van der Waals surface area contributed by atoms with Gasteiger partial charge in [0.2, 0.25) is 65.0 Å². The monoisotopic (exact) mass is 1740 g/mol. The highest BCUT2D eigenvalue weighted by Crippen LogP contribution is 2.29. The molecule has 5 heterocycles. The number of unbranched alkanes of at least 4 members (excludes halogenated alkanes) is 10. The van der Waals surface area contributed by atoms with Gasteiger partial charge in [-0.2, -0.15) is 0 Å². The van der Waals surface area contributed by atoms with Gasteiger partial charge < -0.3 is 151 Å². The molecule has 5 fully saturated rings. The third kappa shape index (κ3) is 39.7. The molecule has 5 aliphatic heterocycles. The minimum atomic E-state index is -1.47. The average molecular weight is 1740 g/mol. The van der Waals surface area contributed by atoms with Crippen molar-refractivity contribution in [2.45, 2.75) is 323 Å². The summed E-state index contributed by atoms with van der Waals surface area (Å²) in [6.07, 6.45) is -6.39. The lowest BCUT2D eigenvalue weighted by Crippen LogP contribution is -2.64. The number of hydrogen-bond donors (Lipinski definition) is 19. The number of carbonyl (C=O) groups excluding carboxylic acids is 11. The Labute approximate surface area is 708 Å². The molecule has 5 aliphatic rings. The number of aliphatic hydroxyl groups is 10. The fourth-order valence-electron chi connectivity index (χ4n) is 14.8. The maximum absolute atomic E-state index is 14.2. The number of likely N-dealkylation sites (tertiary alicyclic amines) is 2. The van der Waals surface area contributed by atoms with E-state index < -0.39 is 154 Å². The topological polar surface area (TPSA) is 588 Å². The van der Waals surface area contributed by atoms with E-state index in [4.69, 9.17) is 42.6 Å². The molecule has 121 heavy (non-hydrogen) atoms. The molecule has 19 N–H and O–H groups in total. The lowest BCUT2D eigenvalue weighted by molar-refractivity contribution is -0.270. The van der Waals surface area contributed by atoms with E-state index in [-0.39, 0.29) is 190 Å². The van der Waals surface area contributed by atoms with Crippen molar-refractivity contribution in [1.29, 1.82) is 0 Å². The van der Waals surface area contributed by atoms with Crippen molar-refractivity contribution in [3.63, 3.8) is 0 Å². The largest absolute Gasteiger partial charge is 0.394 e. The molecule has 1 unspecified atom stereocenters. The Morgan fingerprint density at radius 2 is 0.636 bits per heavy atom. The molecule has 0 aromatic carbocycles. The summed E-state index contributed by atoms with van der Waals surface area (Å²) in [4.78, 5) is 144. The van der Waals surface area contributed by atoms with Crippen LogP contribution < -0.4 is 47.9 Å². The second-order valence-electron chi connectivity index (χ2n) is 31.5. The molecule has 20 atom stereocenters. The van der Waals surface area contributed by atoms with Gasteiger partial charge >= 0.3 is 0 Å². The van der Waals surface area contributed by atoms with Crippen LogP contribution in [0.5, 0.6) is 0 Å². The van der Waals surface area contributed by atoms with E-state index in [0.717, 1.165) is 51.4 Å². The van der Waals surface area contributed by atoms with Crippen molar-refractivity contribution in [1.82, 2.24) is 57.7 Å². The van der Waals surface area contributed by atoms with Crippen molar-refractivity contribution in [2.24, 2.45) is 0 Å². The van der Waals surface area contributed by atoms with Crippen molar-refractivity contribution in [3.05, 3.63) is 0 Å². The predicted octanol–water partition coefficient (Wildman–Crippen LogP) is -4.31. The zero-order valence-corrected chi connectivity index (χ0v) is 70.9. The summed E-state index contributed by atoms with van der Waals surface area (Å²) in [5.41, 5.74) is 0. The summed E-state index contributed by atoms with van der Waals surface area (Å²) in [6, 6.07) is -3.21. The number of piperidine rings is 1. The summed E-state index contributed by atoms with van der Waals surface area (Å²) in [6.45, 7) is 5.50. The minimum absolute atomic E-state index is 0.0311. The van der Waals surface area contributed by atoms with E-state index in [9.17, 15) is 104 Å². The van der Waals surface area contributed by atoms with E-state index in [1.807, 2.05) is 11.8 Å². The molecule has 0 aromatic rings. The Hall–Kier alpha value is -6.59. The van der Waals surface area contributed by atoms with Crippen LogP contribution in [0.25, 0.3) is 0 Å². The summed E-state index contributed by atoms with van der Waals surface area (Å²) >= 11 is 0. The van der Waals surface area contributed by atoms with Gasteiger partial charge in [-0.3, -0.25) is 52.7 Å². The van der Waals surface area contributed by atoms with Gasteiger partial charge in [-0.05, 0) is 83.5 Å². The van der Waals surface area contributed by atoms with Gasteiger partial charge in [0.05, 0.1) is 45.7 Å². The number of nitrogens with one attached hydrogen (secondary N) is 9. The van der Waals surface area contributed by atoms with Crippen molar-refractivity contribution in [3.8, 4) is 0 Å². The fourth-order valence-corrected chi connectivity index (χ4v) is 14.8. The molecule has 5 rings (SSSR count). The second-order valence-corrected chi connectivity index (χ2v) is 31.5. The Morgan fingerprint density at radius 1 is 0.339 bits per heavy atom. The lowest BCUT2D eigenvalue weighted by Gasteiger charge is -2.43. The molecule has 696 valence electrons. The normalized spacial score (nSPS) is 27.3. The smallest absolute Gasteiger partial charge is 0.222 e. The van der Waals surface area contributed by atoms with Crippen LogP contribution in [0.2, 0.25) is 0 Å². The van der Waals surface area contributed by atoms with E-state index in [1.165, 1.54) is 20.8 Å². The van der Waals surface area contributed by atoms with Crippen LogP contribution in [-0.2, 0) is 95.4 Å². The SMILES string of the molecule is CC[C@@H]1C[C@@H](O)CN1C(=O)CCCCCCCCCCC(=O)N1C[C@H](OCCC(=O)NCCCNC(=O)CCCCO[C@@H]2O[C@H](CO)[C@H](O)[C@H](O)[C@H]2NC(C)=O)C(OCCC(=O)NCCCNC(=O)CCCCO[C@@H]2O[C@H](CO)[C@H](O)[C@H](O)[C@H]2NC(C)=O)[C@H](OCCC(=O)NCCCNC(=O)CCCCO[C@@H]2O[C@H](CO)[C@H](O)[C@H](O)[C@H]2NC(C)=O)C1. The van der Waals surface area contributed by atoms with Gasteiger partial charge in [0.25, 0.3) is 0 Å². The second kappa shape index (κ2) is 59.3. The van der Waals surface area contributed by atoms with Gasteiger partial charge in [-0.1, -0.05) is 45.4 Å². The molecule has 0 saturated carbocycles. The van der Waals surface area contributed by atoms with Gasteiger partial charge in [0.1, 0.15) is 91.4 Å². The zero-order valence-electron chi connectivity index (χ0n) is 70.9. The number of ether oxygens (including phenoxy) is 9. The molecule has 41 heteroatoms. The predicted molar refractivity (Wildman–Crippen MR) is 430 cm³/mol. The van der Waals surface area contributed by atoms with Gasteiger partial charge in [0, 0.05) is 157 Å². The number of amides is 11. The molecule has 11 amide bonds. The number of carbonyl (C=O) groups is 11. The van der Waals surface area contributed by atoms with Gasteiger partial charge in [0.15, 0.2) is 18.9 Å². The van der Waals surface area contributed by atoms with Crippen LogP contribution in [0.3, 0.4) is 0 Å². The van der Waals surface area contributed by atoms with E-state index in [0.29, 0.717) is 83.6 Å². The Bertz CT molecular complexity index is 2960. The lowest BCUT2D eigenvalue weighted by atomic mass is 9.97. The summed E-state index contributed by atoms with van der Waals surface area (Å²) in [5.74, 6) is -3.45. The van der Waals surface area contributed by atoms with Crippen molar-refractivity contribution >= 4 is 65.0 Å². The first-order valence-electron chi connectivity index (χ1n) is 43.3. The average Bonchev–Trinajstić information content (AvgIpc) is 1.57. The van der Waals surface area contributed by atoms with Gasteiger partial charge in [-0.25, -0.2) is 0 Å². The van der Waals surface area contributed by atoms with E-state index >= 15 is 0 Å². The van der Waals surface area contributed by atoms with Crippen LogP contribution >= 0.6 is 0 Å². The summed E-state index contributed by atoms with van der Waals surface area (Å²) < 4.78 is 53.3. The highest BCUT2D eigenvalue weighted by Gasteiger charge is 2.49. The zero-order chi connectivity index (χ0) is 88.6. The Morgan fingerprint density at radius 3 is 0.950 bits per heavy atom.